The van der Waals surface area contributed by atoms with Gasteiger partial charge in [-0.25, -0.2) is 0 Å². The van der Waals surface area contributed by atoms with E-state index in [1.807, 2.05) is 68.4 Å². The number of nitrogens with zero attached hydrogens (tertiary/aromatic N) is 2. The number of hydrogen-bond donors (Lipinski definition) is 1. The summed E-state index contributed by atoms with van der Waals surface area (Å²) < 4.78 is 11.7. The standard InChI is InChI=1S/C29H32BrN3O6/c1-4-20(2)31-29(35)26(16-21-8-6-5-7-9-21)32(18-22-10-12-23(30)13-11-22)28(34)19-39-24-14-15-25(33(36)37)27(17-24)38-3/h5-15,17,20,26H,4,16,18-19H2,1-3H3,(H,31,35). The van der Waals surface area contributed by atoms with Crippen LogP contribution in [0.25, 0.3) is 0 Å². The van der Waals surface area contributed by atoms with Crippen molar-refractivity contribution in [3.8, 4) is 11.5 Å². The van der Waals surface area contributed by atoms with Gasteiger partial charge in [-0.3, -0.25) is 19.7 Å². The van der Waals surface area contributed by atoms with Crippen LogP contribution in [0.5, 0.6) is 11.5 Å². The predicted molar refractivity (Wildman–Crippen MR) is 152 cm³/mol. The third-order valence-electron chi connectivity index (χ3n) is 6.25. The molecule has 10 heteroatoms. The van der Waals surface area contributed by atoms with E-state index >= 15 is 0 Å². The minimum Gasteiger partial charge on any atom is -0.490 e. The fraction of sp³-hybridized carbons (Fsp3) is 0.310. The fourth-order valence-electron chi connectivity index (χ4n) is 3.91. The van der Waals surface area contributed by atoms with Crippen molar-refractivity contribution >= 4 is 33.4 Å². The van der Waals surface area contributed by atoms with Crippen molar-refractivity contribution < 1.29 is 24.0 Å². The van der Waals surface area contributed by atoms with Crippen molar-refractivity contribution in [1.29, 1.82) is 0 Å². The molecule has 2 unspecified atom stereocenters. The molecule has 0 heterocycles. The summed E-state index contributed by atoms with van der Waals surface area (Å²) in [6.07, 6.45) is 1.06. The van der Waals surface area contributed by atoms with E-state index in [1.54, 1.807) is 0 Å². The Morgan fingerprint density at radius 2 is 1.74 bits per heavy atom. The highest BCUT2D eigenvalue weighted by atomic mass is 79.9. The second kappa shape index (κ2) is 14.3. The van der Waals surface area contributed by atoms with Gasteiger partial charge >= 0.3 is 5.69 Å². The number of carbonyl (C=O) groups is 2. The number of carbonyl (C=O) groups excluding carboxylic acids is 2. The molecule has 206 valence electrons. The van der Waals surface area contributed by atoms with E-state index in [9.17, 15) is 19.7 Å². The molecule has 0 aliphatic heterocycles. The van der Waals surface area contributed by atoms with E-state index in [2.05, 4.69) is 21.2 Å². The van der Waals surface area contributed by atoms with Crippen LogP contribution >= 0.6 is 15.9 Å². The van der Waals surface area contributed by atoms with E-state index in [4.69, 9.17) is 9.47 Å². The van der Waals surface area contributed by atoms with E-state index in [0.29, 0.717) is 6.42 Å². The molecule has 0 fully saturated rings. The van der Waals surface area contributed by atoms with Gasteiger partial charge in [0.2, 0.25) is 11.7 Å². The quantitative estimate of drug-likeness (QED) is 0.211. The molecule has 3 aromatic carbocycles. The highest BCUT2D eigenvalue weighted by Gasteiger charge is 2.31. The molecule has 0 saturated carbocycles. The van der Waals surface area contributed by atoms with Gasteiger partial charge in [0, 0.05) is 35.6 Å². The SMILES string of the molecule is CCC(C)NC(=O)C(Cc1ccccc1)N(Cc1ccc(Br)cc1)C(=O)COc1ccc([N+](=O)[O-])c(OC)c1. The molecule has 0 saturated heterocycles. The number of benzene rings is 3. The number of amides is 2. The summed E-state index contributed by atoms with van der Waals surface area (Å²) in [5.74, 6) is -0.407. The third-order valence-corrected chi connectivity index (χ3v) is 6.78. The molecular weight excluding hydrogens is 566 g/mol. The van der Waals surface area contributed by atoms with Crippen molar-refractivity contribution in [1.82, 2.24) is 10.2 Å². The van der Waals surface area contributed by atoms with Gasteiger partial charge in [-0.05, 0) is 42.7 Å². The largest absolute Gasteiger partial charge is 0.490 e. The average Bonchev–Trinajstić information content (AvgIpc) is 2.94. The fourth-order valence-corrected chi connectivity index (χ4v) is 4.17. The Labute approximate surface area is 236 Å². The number of nitro groups is 1. The number of hydrogen-bond acceptors (Lipinski definition) is 6. The second-order valence-corrected chi connectivity index (χ2v) is 9.97. The van der Waals surface area contributed by atoms with Crippen molar-refractivity contribution in [3.05, 3.63) is 98.5 Å². The summed E-state index contributed by atoms with van der Waals surface area (Å²) in [6.45, 7) is 3.71. The molecule has 0 spiro atoms. The molecule has 0 aliphatic rings. The molecule has 9 nitrogen and oxygen atoms in total. The first-order valence-corrected chi connectivity index (χ1v) is 13.3. The van der Waals surface area contributed by atoms with Gasteiger partial charge in [0.05, 0.1) is 12.0 Å². The normalized spacial score (nSPS) is 12.2. The minimum atomic E-state index is -0.799. The smallest absolute Gasteiger partial charge is 0.311 e. The second-order valence-electron chi connectivity index (χ2n) is 9.05. The first kappa shape index (κ1) is 29.6. The molecule has 0 aromatic heterocycles. The Balaban J connectivity index is 1.91. The summed E-state index contributed by atoms with van der Waals surface area (Å²) in [4.78, 5) is 39.4. The van der Waals surface area contributed by atoms with E-state index in [-0.39, 0.29) is 42.3 Å². The van der Waals surface area contributed by atoms with E-state index in [0.717, 1.165) is 22.0 Å². The number of halogens is 1. The van der Waals surface area contributed by atoms with Crippen molar-refractivity contribution in [2.75, 3.05) is 13.7 Å². The molecule has 2 atom stereocenters. The van der Waals surface area contributed by atoms with E-state index < -0.39 is 16.9 Å². The lowest BCUT2D eigenvalue weighted by molar-refractivity contribution is -0.385. The van der Waals surface area contributed by atoms with Gasteiger partial charge in [-0.1, -0.05) is 65.3 Å². The van der Waals surface area contributed by atoms with Crippen molar-refractivity contribution in [2.45, 2.75) is 45.3 Å². The van der Waals surface area contributed by atoms with Crippen LogP contribution in [-0.2, 0) is 22.6 Å². The molecule has 39 heavy (non-hydrogen) atoms. The first-order valence-electron chi connectivity index (χ1n) is 12.5. The lowest BCUT2D eigenvalue weighted by atomic mass is 10.0. The van der Waals surface area contributed by atoms with Crippen LogP contribution in [-0.4, -0.2) is 47.4 Å². The van der Waals surface area contributed by atoms with E-state index in [1.165, 1.54) is 30.2 Å². The van der Waals surface area contributed by atoms with Gasteiger partial charge in [0.25, 0.3) is 5.91 Å². The number of nitrogens with one attached hydrogen (secondary N) is 1. The molecule has 0 aliphatic carbocycles. The topological polar surface area (TPSA) is 111 Å². The number of rotatable bonds is 13. The molecule has 2 amide bonds. The maximum absolute atomic E-state index is 13.7. The summed E-state index contributed by atoms with van der Waals surface area (Å²) in [5.41, 5.74) is 1.55. The average molecular weight is 598 g/mol. The molecule has 3 aromatic rings. The summed E-state index contributed by atoms with van der Waals surface area (Å²) in [7, 11) is 1.32. The zero-order valence-electron chi connectivity index (χ0n) is 22.1. The first-order chi connectivity index (χ1) is 18.7. The molecule has 0 bridgehead atoms. The Bertz CT molecular complexity index is 1270. The van der Waals surface area contributed by atoms with Gasteiger partial charge in [0.15, 0.2) is 6.61 Å². The van der Waals surface area contributed by atoms with Crippen molar-refractivity contribution in [3.63, 3.8) is 0 Å². The molecule has 1 N–H and O–H groups in total. The number of methoxy groups -OCH3 is 1. The predicted octanol–water partition coefficient (Wildman–Crippen LogP) is 5.30. The highest BCUT2D eigenvalue weighted by molar-refractivity contribution is 9.10. The van der Waals surface area contributed by atoms with Crippen LogP contribution in [0.2, 0.25) is 0 Å². The molecular formula is C29H32BrN3O6. The Hall–Kier alpha value is -3.92. The van der Waals surface area contributed by atoms with Crippen molar-refractivity contribution in [2.24, 2.45) is 0 Å². The Morgan fingerprint density at radius 1 is 1.05 bits per heavy atom. The van der Waals surface area contributed by atoms with Gasteiger partial charge in [-0.15, -0.1) is 0 Å². The third kappa shape index (κ3) is 8.54. The van der Waals surface area contributed by atoms with Gasteiger partial charge < -0.3 is 19.7 Å². The van der Waals surface area contributed by atoms with Gasteiger partial charge in [0.1, 0.15) is 11.8 Å². The van der Waals surface area contributed by atoms with Crippen LogP contribution in [0, 0.1) is 10.1 Å². The lowest BCUT2D eigenvalue weighted by Gasteiger charge is -2.32. The highest BCUT2D eigenvalue weighted by Crippen LogP contribution is 2.31. The monoisotopic (exact) mass is 597 g/mol. The van der Waals surface area contributed by atoms with Crippen LogP contribution in [0.1, 0.15) is 31.4 Å². The van der Waals surface area contributed by atoms with Crippen LogP contribution in [0.3, 0.4) is 0 Å². The summed E-state index contributed by atoms with van der Waals surface area (Å²) >= 11 is 3.43. The lowest BCUT2D eigenvalue weighted by Crippen LogP contribution is -2.53. The number of ether oxygens (including phenoxy) is 2. The van der Waals surface area contributed by atoms with Crippen LogP contribution < -0.4 is 14.8 Å². The molecule has 0 radical (unpaired) electrons. The summed E-state index contributed by atoms with van der Waals surface area (Å²) in [5, 5.41) is 14.2. The number of nitro benzene ring substituents is 1. The molecule has 3 rings (SSSR count). The maximum Gasteiger partial charge on any atom is 0.311 e. The Morgan fingerprint density at radius 3 is 2.36 bits per heavy atom. The minimum absolute atomic E-state index is 0.0200. The van der Waals surface area contributed by atoms with Crippen LogP contribution in [0.15, 0.2) is 77.3 Å². The Kier molecular flexibility index (Phi) is 10.9. The zero-order chi connectivity index (χ0) is 28.4. The zero-order valence-corrected chi connectivity index (χ0v) is 23.7. The maximum atomic E-state index is 13.7. The van der Waals surface area contributed by atoms with Crippen LogP contribution in [0.4, 0.5) is 5.69 Å². The van der Waals surface area contributed by atoms with Gasteiger partial charge in [-0.2, -0.15) is 0 Å². The summed E-state index contributed by atoms with van der Waals surface area (Å²) in [6, 6.07) is 20.2.